The van der Waals surface area contributed by atoms with Gasteiger partial charge in [-0.15, -0.1) is 0 Å². The molecule has 0 aromatic rings. The summed E-state index contributed by atoms with van der Waals surface area (Å²) < 4.78 is 22.4. The van der Waals surface area contributed by atoms with E-state index in [9.17, 15) is 19.2 Å². The minimum atomic E-state index is -0.408. The number of carbonyl (C=O) groups excluding carboxylic acids is 4. The van der Waals surface area contributed by atoms with Gasteiger partial charge in [0.25, 0.3) is 0 Å². The average molecular weight is 811 g/mol. The van der Waals surface area contributed by atoms with Crippen LogP contribution in [0.5, 0.6) is 0 Å². The molecular formula is C47H90N2O8. The summed E-state index contributed by atoms with van der Waals surface area (Å²) in [5.41, 5.74) is 0. The second-order valence-corrected chi connectivity index (χ2v) is 18.2. The third-order valence-corrected chi connectivity index (χ3v) is 10.3. The van der Waals surface area contributed by atoms with Crippen LogP contribution in [0.3, 0.4) is 0 Å². The zero-order chi connectivity index (χ0) is 42.7. The van der Waals surface area contributed by atoms with Crippen LogP contribution in [0.15, 0.2) is 0 Å². The lowest BCUT2D eigenvalue weighted by Crippen LogP contribution is -2.49. The van der Waals surface area contributed by atoms with E-state index in [1.165, 1.54) is 51.4 Å². The Labute approximate surface area is 350 Å². The third kappa shape index (κ3) is 37.8. The molecule has 0 saturated carbocycles. The Kier molecular flexibility index (Phi) is 35.4. The monoisotopic (exact) mass is 811 g/mol. The Bertz CT molecular complexity index is 930. The van der Waals surface area contributed by atoms with Gasteiger partial charge in [-0.1, -0.05) is 158 Å². The first-order chi connectivity index (χ1) is 27.2. The van der Waals surface area contributed by atoms with Crippen LogP contribution in [0.2, 0.25) is 0 Å². The van der Waals surface area contributed by atoms with Crippen molar-refractivity contribution in [3.8, 4) is 0 Å². The lowest BCUT2D eigenvalue weighted by molar-refractivity contribution is -0.153. The van der Waals surface area contributed by atoms with Gasteiger partial charge in [0, 0.05) is 12.6 Å². The van der Waals surface area contributed by atoms with E-state index in [0.717, 1.165) is 77.0 Å². The Morgan fingerprint density at radius 1 is 0.351 bits per heavy atom. The van der Waals surface area contributed by atoms with Crippen LogP contribution in [-0.2, 0) is 38.1 Å². The number of ether oxygens (including phenoxy) is 4. The number of hydrogen-bond donors (Lipinski definition) is 0. The largest absolute Gasteiger partial charge is 0.465 e. The van der Waals surface area contributed by atoms with Gasteiger partial charge in [-0.25, -0.2) is 0 Å². The second kappa shape index (κ2) is 36.8. The van der Waals surface area contributed by atoms with E-state index in [1.54, 1.807) is 9.80 Å². The standard InChI is InChI=1S/C47H90N2O8/c1-39(2)26-18-10-14-22-30-54-44(50)35-48(36-45(51)55-31-23-15-11-19-27-40(3)4)34-43(9)49(37-46(52)56-32-24-16-12-20-28-41(5)6)38-47(53)57-33-25-17-13-21-29-42(7)8/h39-43H,10-38H2,1-9H3. The summed E-state index contributed by atoms with van der Waals surface area (Å²) in [5.74, 6) is 1.12. The van der Waals surface area contributed by atoms with E-state index in [0.29, 0.717) is 50.1 Å². The highest BCUT2D eigenvalue weighted by Gasteiger charge is 2.26. The molecule has 0 aromatic heterocycles. The highest BCUT2D eigenvalue weighted by molar-refractivity contribution is 5.76. The van der Waals surface area contributed by atoms with Crippen molar-refractivity contribution < 1.29 is 38.1 Å². The number of esters is 4. The van der Waals surface area contributed by atoms with Crippen molar-refractivity contribution in [3.05, 3.63) is 0 Å². The van der Waals surface area contributed by atoms with Crippen molar-refractivity contribution in [2.75, 3.05) is 59.2 Å². The zero-order valence-electron chi connectivity index (χ0n) is 38.6. The molecule has 1 unspecified atom stereocenters. The van der Waals surface area contributed by atoms with Crippen LogP contribution >= 0.6 is 0 Å². The molecule has 0 bridgehead atoms. The maximum absolute atomic E-state index is 13.1. The van der Waals surface area contributed by atoms with Crippen molar-refractivity contribution >= 4 is 23.9 Å². The van der Waals surface area contributed by atoms with Crippen LogP contribution < -0.4 is 0 Å². The molecule has 0 saturated heterocycles. The predicted octanol–water partition coefficient (Wildman–Crippen LogP) is 10.6. The molecule has 0 heterocycles. The summed E-state index contributed by atoms with van der Waals surface area (Å²) in [6, 6.07) is -0.389. The van der Waals surface area contributed by atoms with Crippen LogP contribution in [0, 0.1) is 23.7 Å². The molecule has 57 heavy (non-hydrogen) atoms. The van der Waals surface area contributed by atoms with E-state index in [4.69, 9.17) is 18.9 Å². The molecule has 10 heteroatoms. The molecule has 0 N–H and O–H groups in total. The lowest BCUT2D eigenvalue weighted by atomic mass is 10.0. The Morgan fingerprint density at radius 3 is 0.860 bits per heavy atom. The van der Waals surface area contributed by atoms with Crippen LogP contribution in [0.4, 0.5) is 0 Å². The van der Waals surface area contributed by atoms with Crippen LogP contribution in [0.25, 0.3) is 0 Å². The van der Waals surface area contributed by atoms with Crippen molar-refractivity contribution in [2.24, 2.45) is 23.7 Å². The summed E-state index contributed by atoms with van der Waals surface area (Å²) in [5, 5.41) is 0. The van der Waals surface area contributed by atoms with E-state index in [-0.39, 0.29) is 38.8 Å². The van der Waals surface area contributed by atoms with Gasteiger partial charge >= 0.3 is 23.9 Å². The molecule has 0 amide bonds. The molecule has 0 aromatic carbocycles. The van der Waals surface area contributed by atoms with Gasteiger partial charge < -0.3 is 18.9 Å². The minimum absolute atomic E-state index is 0.0989. The Hall–Kier alpha value is -2.20. The first kappa shape index (κ1) is 54.8. The number of hydrogen-bond acceptors (Lipinski definition) is 10. The van der Waals surface area contributed by atoms with Crippen LogP contribution in [0.1, 0.15) is 191 Å². The average Bonchev–Trinajstić information content (AvgIpc) is 3.12. The maximum atomic E-state index is 13.1. The molecule has 0 spiro atoms. The molecule has 0 aliphatic carbocycles. The summed E-state index contributed by atoms with van der Waals surface area (Å²) in [6.45, 7) is 20.9. The summed E-state index contributed by atoms with van der Waals surface area (Å²) in [6.07, 6.45) is 21.1. The van der Waals surface area contributed by atoms with E-state index in [2.05, 4.69) is 55.4 Å². The fourth-order valence-corrected chi connectivity index (χ4v) is 6.70. The van der Waals surface area contributed by atoms with E-state index >= 15 is 0 Å². The molecular weight excluding hydrogens is 721 g/mol. The molecule has 0 radical (unpaired) electrons. The SMILES string of the molecule is CC(C)CCCCCCOC(=O)CN(CC(=O)OCCCCCCC(C)C)CC(C)N(CC(=O)OCCCCCCC(C)C)CC(=O)OCCCCCCC(C)C. The van der Waals surface area contributed by atoms with Crippen molar-refractivity contribution in [1.29, 1.82) is 0 Å². The molecule has 0 fully saturated rings. The fraction of sp³-hybridized carbons (Fsp3) is 0.915. The molecule has 1 atom stereocenters. The minimum Gasteiger partial charge on any atom is -0.465 e. The zero-order valence-corrected chi connectivity index (χ0v) is 38.6. The number of carbonyl (C=O) groups is 4. The van der Waals surface area contributed by atoms with Crippen LogP contribution in [-0.4, -0.2) is 98.9 Å². The topological polar surface area (TPSA) is 112 Å². The van der Waals surface area contributed by atoms with Gasteiger partial charge in [0.1, 0.15) is 0 Å². The van der Waals surface area contributed by atoms with Gasteiger partial charge in [-0.2, -0.15) is 0 Å². The Morgan fingerprint density at radius 2 is 0.596 bits per heavy atom. The third-order valence-electron chi connectivity index (χ3n) is 10.3. The normalized spacial score (nSPS) is 12.3. The van der Waals surface area contributed by atoms with Gasteiger partial charge in [0.05, 0.1) is 52.6 Å². The van der Waals surface area contributed by atoms with Gasteiger partial charge in [-0.3, -0.25) is 29.0 Å². The molecule has 10 nitrogen and oxygen atoms in total. The molecule has 0 aliphatic rings. The van der Waals surface area contributed by atoms with E-state index < -0.39 is 23.9 Å². The first-order valence-corrected chi connectivity index (χ1v) is 23.3. The Balaban J connectivity index is 5.47. The second-order valence-electron chi connectivity index (χ2n) is 18.2. The first-order valence-electron chi connectivity index (χ1n) is 23.3. The summed E-state index contributed by atoms with van der Waals surface area (Å²) in [7, 11) is 0. The quantitative estimate of drug-likeness (QED) is 0.0338. The summed E-state index contributed by atoms with van der Waals surface area (Å²) >= 11 is 0. The lowest BCUT2D eigenvalue weighted by Gasteiger charge is -2.31. The summed E-state index contributed by atoms with van der Waals surface area (Å²) in [4.78, 5) is 55.7. The number of nitrogens with zero attached hydrogens (tertiary/aromatic N) is 2. The highest BCUT2D eigenvalue weighted by atomic mass is 16.5. The fourth-order valence-electron chi connectivity index (χ4n) is 6.70. The smallest absolute Gasteiger partial charge is 0.320 e. The van der Waals surface area contributed by atoms with Crippen molar-refractivity contribution in [3.63, 3.8) is 0 Å². The molecule has 0 rings (SSSR count). The van der Waals surface area contributed by atoms with Crippen molar-refractivity contribution in [1.82, 2.24) is 9.80 Å². The predicted molar refractivity (Wildman–Crippen MR) is 233 cm³/mol. The highest BCUT2D eigenvalue weighted by Crippen LogP contribution is 2.13. The van der Waals surface area contributed by atoms with Gasteiger partial charge in [-0.05, 0) is 56.3 Å². The molecule has 0 aliphatic heterocycles. The molecule has 336 valence electrons. The van der Waals surface area contributed by atoms with Crippen molar-refractivity contribution in [2.45, 2.75) is 197 Å². The maximum Gasteiger partial charge on any atom is 0.320 e. The number of unbranched alkanes of at least 4 members (excludes halogenated alkanes) is 12. The van der Waals surface area contributed by atoms with E-state index in [1.807, 2.05) is 6.92 Å². The van der Waals surface area contributed by atoms with Gasteiger partial charge in [0.2, 0.25) is 0 Å². The van der Waals surface area contributed by atoms with Gasteiger partial charge in [0.15, 0.2) is 0 Å². The number of rotatable bonds is 39.